The lowest BCUT2D eigenvalue weighted by Crippen LogP contribution is -2.23. The number of carbonyl (C=O) groups is 1. The van der Waals surface area contributed by atoms with Crippen molar-refractivity contribution in [2.45, 2.75) is 17.3 Å². The largest absolute Gasteiger partial charge is 0.335 e. The van der Waals surface area contributed by atoms with Gasteiger partial charge in [0.2, 0.25) is 11.1 Å². The number of benzene rings is 2. The molecule has 26 heavy (non-hydrogen) atoms. The van der Waals surface area contributed by atoms with Crippen LogP contribution in [0.5, 0.6) is 0 Å². The van der Waals surface area contributed by atoms with E-state index in [0.717, 1.165) is 11.8 Å². The Morgan fingerprint density at radius 1 is 1.27 bits per heavy atom. The first-order valence-corrected chi connectivity index (χ1v) is 8.89. The summed E-state index contributed by atoms with van der Waals surface area (Å²) in [5.41, 5.74) is 1.10. The molecule has 0 unspecified atom stereocenters. The summed E-state index contributed by atoms with van der Waals surface area (Å²) in [7, 11) is 0. The minimum Gasteiger partial charge on any atom is -0.335 e. The smallest absolute Gasteiger partial charge is 0.237 e. The highest BCUT2D eigenvalue weighted by Gasteiger charge is 2.20. The second-order valence-corrected chi connectivity index (χ2v) is 7.19. The molecule has 0 aliphatic heterocycles. The van der Waals surface area contributed by atoms with Gasteiger partial charge in [0.15, 0.2) is 5.82 Å². The van der Waals surface area contributed by atoms with Crippen molar-refractivity contribution < 1.29 is 9.18 Å². The van der Waals surface area contributed by atoms with Crippen molar-refractivity contribution in [3.63, 3.8) is 0 Å². The van der Waals surface area contributed by atoms with Crippen LogP contribution in [0, 0.1) is 5.82 Å². The Labute approximate surface area is 158 Å². The summed E-state index contributed by atoms with van der Waals surface area (Å²) in [6, 6.07) is 12.8. The number of carbonyl (C=O) groups excluding carboxylic acids is 1. The molecule has 0 saturated carbocycles. The lowest BCUT2D eigenvalue weighted by atomic mass is 10.2. The maximum absolute atomic E-state index is 13.4. The molecule has 3 aromatic rings. The van der Waals surface area contributed by atoms with Gasteiger partial charge in [0.05, 0.1) is 5.25 Å². The Balaban J connectivity index is 1.71. The second kappa shape index (κ2) is 7.76. The quantitative estimate of drug-likeness (QED) is 0.513. The Morgan fingerprint density at radius 3 is 2.77 bits per heavy atom. The number of aromatic nitrogens is 3. The number of nitrogens with zero attached hydrogens (tertiary/aromatic N) is 3. The maximum Gasteiger partial charge on any atom is 0.237 e. The molecule has 9 heteroatoms. The average Bonchev–Trinajstić information content (AvgIpc) is 2.95. The Kier molecular flexibility index (Phi) is 5.43. The van der Waals surface area contributed by atoms with Crippen molar-refractivity contribution in [3.8, 4) is 11.4 Å². The van der Waals surface area contributed by atoms with Gasteiger partial charge in [0, 0.05) is 16.3 Å². The molecule has 1 amide bonds. The lowest BCUT2D eigenvalue weighted by Gasteiger charge is -2.11. The first kappa shape index (κ1) is 18.2. The Hall–Kier alpha value is -2.58. The van der Waals surface area contributed by atoms with Gasteiger partial charge in [-0.25, -0.2) is 9.07 Å². The number of halogens is 2. The van der Waals surface area contributed by atoms with Crippen LogP contribution in [-0.2, 0) is 4.79 Å². The zero-order chi connectivity index (χ0) is 18.7. The Bertz CT molecular complexity index is 948. The topological polar surface area (TPSA) is 85.8 Å². The van der Waals surface area contributed by atoms with Crippen molar-refractivity contribution in [2.75, 3.05) is 11.2 Å². The van der Waals surface area contributed by atoms with Crippen LogP contribution in [0.2, 0.25) is 5.02 Å². The van der Waals surface area contributed by atoms with Gasteiger partial charge in [-0.1, -0.05) is 41.6 Å². The van der Waals surface area contributed by atoms with Crippen LogP contribution in [0.25, 0.3) is 11.4 Å². The van der Waals surface area contributed by atoms with Crippen molar-refractivity contribution in [1.29, 1.82) is 0 Å². The van der Waals surface area contributed by atoms with E-state index in [1.54, 1.807) is 43.3 Å². The van der Waals surface area contributed by atoms with Gasteiger partial charge in [0.25, 0.3) is 0 Å². The number of nitrogen functional groups attached to an aromatic ring is 1. The molecule has 1 atom stereocenters. The molecule has 3 N–H and O–H groups in total. The molecule has 134 valence electrons. The van der Waals surface area contributed by atoms with Gasteiger partial charge in [-0.15, -0.1) is 10.2 Å². The minimum atomic E-state index is -0.485. The summed E-state index contributed by atoms with van der Waals surface area (Å²) in [5.74, 6) is 5.70. The SMILES string of the molecule is C[C@H](Sc1nnc(-c2cccc(F)c2)n1N)C(=O)Nc1cccc(Cl)c1. The molecule has 0 aliphatic carbocycles. The molecule has 1 heterocycles. The predicted molar refractivity (Wildman–Crippen MR) is 101 cm³/mol. The zero-order valence-corrected chi connectivity index (χ0v) is 15.3. The van der Waals surface area contributed by atoms with Gasteiger partial charge in [-0.2, -0.15) is 0 Å². The predicted octanol–water partition coefficient (Wildman–Crippen LogP) is 3.57. The zero-order valence-electron chi connectivity index (χ0n) is 13.7. The van der Waals surface area contributed by atoms with E-state index in [1.807, 2.05) is 0 Å². The molecule has 3 rings (SSSR count). The minimum absolute atomic E-state index is 0.229. The van der Waals surface area contributed by atoms with Crippen LogP contribution in [-0.4, -0.2) is 26.0 Å². The Morgan fingerprint density at radius 2 is 2.04 bits per heavy atom. The average molecular weight is 392 g/mol. The standard InChI is InChI=1S/C17H15ClFN5OS/c1-10(16(25)21-14-7-3-5-12(18)9-14)26-17-23-22-15(24(17)20)11-4-2-6-13(19)8-11/h2-10H,20H2,1H3,(H,21,25)/t10-/m0/s1. The maximum atomic E-state index is 13.4. The molecular weight excluding hydrogens is 377 g/mol. The third-order valence-corrected chi connectivity index (χ3v) is 4.78. The van der Waals surface area contributed by atoms with Crippen molar-refractivity contribution in [3.05, 3.63) is 59.4 Å². The number of nitrogens with one attached hydrogen (secondary N) is 1. The van der Waals surface area contributed by atoms with Crippen molar-refractivity contribution in [1.82, 2.24) is 14.9 Å². The number of anilines is 1. The molecule has 0 saturated heterocycles. The van der Waals surface area contributed by atoms with E-state index in [9.17, 15) is 9.18 Å². The van der Waals surface area contributed by atoms with E-state index in [1.165, 1.54) is 16.8 Å². The normalized spacial score (nSPS) is 12.0. The first-order valence-electron chi connectivity index (χ1n) is 7.63. The number of nitrogens with two attached hydrogens (primary N) is 1. The summed E-state index contributed by atoms with van der Waals surface area (Å²) < 4.78 is 14.6. The summed E-state index contributed by atoms with van der Waals surface area (Å²) in [4.78, 5) is 12.3. The van der Waals surface area contributed by atoms with Crippen LogP contribution in [0.1, 0.15) is 6.92 Å². The number of rotatable bonds is 5. The number of thioether (sulfide) groups is 1. The van der Waals surface area contributed by atoms with Crippen LogP contribution < -0.4 is 11.2 Å². The molecule has 0 aliphatic rings. The highest BCUT2D eigenvalue weighted by molar-refractivity contribution is 8.00. The molecule has 6 nitrogen and oxygen atoms in total. The number of hydrogen-bond donors (Lipinski definition) is 2. The van der Waals surface area contributed by atoms with Crippen LogP contribution in [0.4, 0.5) is 10.1 Å². The highest BCUT2D eigenvalue weighted by atomic mass is 35.5. The number of amides is 1. The van der Waals surface area contributed by atoms with E-state index < -0.39 is 11.1 Å². The fourth-order valence-corrected chi connectivity index (χ4v) is 3.16. The monoisotopic (exact) mass is 391 g/mol. The summed E-state index contributed by atoms with van der Waals surface area (Å²) >= 11 is 7.06. The third kappa shape index (κ3) is 4.14. The molecule has 0 bridgehead atoms. The van der Waals surface area contributed by atoms with E-state index >= 15 is 0 Å². The van der Waals surface area contributed by atoms with Crippen LogP contribution in [0.15, 0.2) is 53.7 Å². The summed E-state index contributed by atoms with van der Waals surface area (Å²) in [6.07, 6.45) is 0. The van der Waals surface area contributed by atoms with Gasteiger partial charge >= 0.3 is 0 Å². The third-order valence-electron chi connectivity index (χ3n) is 3.49. The van der Waals surface area contributed by atoms with Crippen LogP contribution in [0.3, 0.4) is 0 Å². The first-order chi connectivity index (χ1) is 12.4. The second-order valence-electron chi connectivity index (χ2n) is 5.45. The molecule has 0 radical (unpaired) electrons. The molecule has 1 aromatic heterocycles. The fraction of sp³-hybridized carbons (Fsp3) is 0.118. The summed E-state index contributed by atoms with van der Waals surface area (Å²) in [5, 5.41) is 11.1. The molecule has 0 spiro atoms. The van der Waals surface area contributed by atoms with Gasteiger partial charge in [-0.05, 0) is 37.3 Å². The number of hydrogen-bond acceptors (Lipinski definition) is 5. The molecule has 0 fully saturated rings. The van der Waals surface area contributed by atoms with Gasteiger partial charge in [0.1, 0.15) is 5.82 Å². The van der Waals surface area contributed by atoms with E-state index in [0.29, 0.717) is 27.3 Å². The van der Waals surface area contributed by atoms with Crippen molar-refractivity contribution in [2.24, 2.45) is 0 Å². The fourth-order valence-electron chi connectivity index (χ4n) is 2.20. The van der Waals surface area contributed by atoms with Crippen LogP contribution >= 0.6 is 23.4 Å². The van der Waals surface area contributed by atoms with Gasteiger partial charge in [-0.3, -0.25) is 4.79 Å². The molecule has 2 aromatic carbocycles. The summed E-state index contributed by atoms with van der Waals surface area (Å²) in [6.45, 7) is 1.72. The highest BCUT2D eigenvalue weighted by Crippen LogP contribution is 2.26. The van der Waals surface area contributed by atoms with E-state index in [4.69, 9.17) is 17.4 Å². The molecular formula is C17H15ClFN5OS. The van der Waals surface area contributed by atoms with Gasteiger partial charge < -0.3 is 11.2 Å². The van der Waals surface area contributed by atoms with Crippen molar-refractivity contribution >= 4 is 35.0 Å². The van der Waals surface area contributed by atoms with E-state index in [-0.39, 0.29) is 5.91 Å². The lowest BCUT2D eigenvalue weighted by molar-refractivity contribution is -0.115. The van der Waals surface area contributed by atoms with E-state index in [2.05, 4.69) is 15.5 Å².